The van der Waals surface area contributed by atoms with Crippen LogP contribution < -0.4 is 5.32 Å². The number of nitrogens with zero attached hydrogens (tertiary/aromatic N) is 5. The Labute approximate surface area is 179 Å². The maximum Gasteiger partial charge on any atom is 0.147 e. The number of nitrogens with one attached hydrogen (secondary N) is 1. The van der Waals surface area contributed by atoms with E-state index in [1.807, 2.05) is 17.7 Å². The Bertz CT molecular complexity index is 1090. The van der Waals surface area contributed by atoms with Gasteiger partial charge in [0, 0.05) is 41.6 Å². The second-order valence-corrected chi connectivity index (χ2v) is 7.04. The van der Waals surface area contributed by atoms with Crippen molar-refractivity contribution in [2.24, 2.45) is 4.99 Å². The van der Waals surface area contributed by atoms with E-state index in [-0.39, 0.29) is 5.02 Å². The van der Waals surface area contributed by atoms with Crippen molar-refractivity contribution in [3.05, 3.63) is 83.7 Å². The van der Waals surface area contributed by atoms with Crippen molar-refractivity contribution >= 4 is 34.5 Å². The maximum absolute atomic E-state index is 13.5. The van der Waals surface area contributed by atoms with Crippen molar-refractivity contribution in [2.45, 2.75) is 27.2 Å². The van der Waals surface area contributed by atoms with E-state index in [0.29, 0.717) is 17.3 Å². The van der Waals surface area contributed by atoms with Crippen molar-refractivity contribution in [2.75, 3.05) is 5.32 Å². The van der Waals surface area contributed by atoms with Gasteiger partial charge in [-0.15, -0.1) is 0 Å². The molecule has 154 valence electrons. The van der Waals surface area contributed by atoms with Crippen LogP contribution in [0.1, 0.15) is 32.8 Å². The van der Waals surface area contributed by atoms with E-state index in [4.69, 9.17) is 16.6 Å². The summed E-state index contributed by atoms with van der Waals surface area (Å²) in [5.74, 6) is 0.772. The van der Waals surface area contributed by atoms with Gasteiger partial charge < -0.3 is 5.32 Å². The molecule has 0 unspecified atom stereocenters. The summed E-state index contributed by atoms with van der Waals surface area (Å²) < 4.78 is 15.3. The minimum Gasteiger partial charge on any atom is -0.344 e. The van der Waals surface area contributed by atoms with Crippen molar-refractivity contribution in [3.8, 4) is 0 Å². The number of imidazole rings is 1. The van der Waals surface area contributed by atoms with Gasteiger partial charge in [0.05, 0.1) is 5.02 Å². The molecule has 30 heavy (non-hydrogen) atoms. The third-order valence-corrected chi connectivity index (χ3v) is 4.62. The van der Waals surface area contributed by atoms with Gasteiger partial charge in [0.25, 0.3) is 0 Å². The molecule has 0 radical (unpaired) electrons. The fourth-order valence-electron chi connectivity index (χ4n) is 2.67. The first-order valence-electron chi connectivity index (χ1n) is 9.40. The number of anilines is 1. The summed E-state index contributed by atoms with van der Waals surface area (Å²) in [6.07, 6.45) is 13.1. The predicted octanol–water partition coefficient (Wildman–Crippen LogP) is 5.68. The monoisotopic (exact) mass is 424 g/mol. The van der Waals surface area contributed by atoms with Crippen molar-refractivity contribution in [3.63, 3.8) is 0 Å². The number of halogens is 2. The van der Waals surface area contributed by atoms with E-state index in [9.17, 15) is 4.39 Å². The zero-order valence-electron chi connectivity index (χ0n) is 17.0. The van der Waals surface area contributed by atoms with Gasteiger partial charge >= 0.3 is 0 Å². The van der Waals surface area contributed by atoms with Crippen LogP contribution in [0.4, 0.5) is 10.1 Å². The molecule has 0 fully saturated rings. The Morgan fingerprint density at radius 3 is 2.63 bits per heavy atom. The zero-order valence-corrected chi connectivity index (χ0v) is 17.7. The number of hydrogen-bond donors (Lipinski definition) is 1. The maximum atomic E-state index is 13.5. The van der Waals surface area contributed by atoms with Crippen LogP contribution in [-0.2, 0) is 0 Å². The Hall–Kier alpha value is -3.32. The van der Waals surface area contributed by atoms with Gasteiger partial charge in [0.1, 0.15) is 30.1 Å². The van der Waals surface area contributed by atoms with Crippen LogP contribution in [0, 0.1) is 5.82 Å². The van der Waals surface area contributed by atoms with E-state index < -0.39 is 5.82 Å². The number of hydrogen-bond acceptors (Lipinski definition) is 4. The van der Waals surface area contributed by atoms with E-state index in [1.165, 1.54) is 24.0 Å². The van der Waals surface area contributed by atoms with Gasteiger partial charge in [-0.1, -0.05) is 30.2 Å². The number of amidine groups is 1. The molecule has 8 heteroatoms. The fourth-order valence-corrected chi connectivity index (χ4v) is 2.86. The van der Waals surface area contributed by atoms with Crippen molar-refractivity contribution in [1.82, 2.24) is 19.5 Å². The van der Waals surface area contributed by atoms with Gasteiger partial charge in [0.2, 0.25) is 0 Å². The Kier molecular flexibility index (Phi) is 7.08. The first-order valence-corrected chi connectivity index (χ1v) is 9.78. The third-order valence-electron chi connectivity index (χ3n) is 4.33. The number of benzene rings is 1. The summed E-state index contributed by atoms with van der Waals surface area (Å²) in [5, 5.41) is 3.20. The summed E-state index contributed by atoms with van der Waals surface area (Å²) in [6.45, 7) is 5.98. The van der Waals surface area contributed by atoms with Crippen LogP contribution in [-0.4, -0.2) is 25.4 Å². The normalized spacial score (nSPS) is 13.2. The Morgan fingerprint density at radius 1 is 1.23 bits per heavy atom. The number of rotatable bonds is 6. The SMILES string of the molecule is CCC(C)=CC(=C(N=C(C)Nc1ccc(F)c(Cl)c1)n1ccnc1)c1cncnc1. The number of aromatic nitrogens is 4. The van der Waals surface area contributed by atoms with Crippen molar-refractivity contribution in [1.29, 1.82) is 0 Å². The molecule has 3 aromatic rings. The molecule has 0 atom stereocenters. The van der Waals surface area contributed by atoms with E-state index in [1.54, 1.807) is 31.0 Å². The molecule has 0 saturated heterocycles. The molecule has 0 aliphatic heterocycles. The summed E-state index contributed by atoms with van der Waals surface area (Å²) in [4.78, 5) is 17.3. The average Bonchev–Trinajstić information content (AvgIpc) is 3.28. The van der Waals surface area contributed by atoms with Crippen LogP contribution in [0.25, 0.3) is 11.4 Å². The molecule has 0 aliphatic carbocycles. The summed E-state index contributed by atoms with van der Waals surface area (Å²) in [7, 11) is 0. The van der Waals surface area contributed by atoms with Gasteiger partial charge in [-0.3, -0.25) is 4.57 Å². The van der Waals surface area contributed by atoms with Gasteiger partial charge in [0.15, 0.2) is 0 Å². The zero-order chi connectivity index (χ0) is 21.5. The molecule has 2 aromatic heterocycles. The highest BCUT2D eigenvalue weighted by atomic mass is 35.5. The molecular formula is C22H22ClFN6. The third kappa shape index (κ3) is 5.39. The van der Waals surface area contributed by atoms with Crippen LogP contribution in [0.3, 0.4) is 0 Å². The molecule has 3 rings (SSSR count). The van der Waals surface area contributed by atoms with E-state index in [2.05, 4.69) is 40.2 Å². The molecular weight excluding hydrogens is 403 g/mol. The molecule has 1 aromatic carbocycles. The highest BCUT2D eigenvalue weighted by Crippen LogP contribution is 2.26. The lowest BCUT2D eigenvalue weighted by atomic mass is 10.1. The largest absolute Gasteiger partial charge is 0.344 e. The molecule has 0 amide bonds. The van der Waals surface area contributed by atoms with Crippen molar-refractivity contribution < 1.29 is 4.39 Å². The molecule has 0 bridgehead atoms. The topological polar surface area (TPSA) is 68.0 Å². The van der Waals surface area contributed by atoms with E-state index >= 15 is 0 Å². The summed E-state index contributed by atoms with van der Waals surface area (Å²) in [5.41, 5.74) is 3.50. The smallest absolute Gasteiger partial charge is 0.147 e. The van der Waals surface area contributed by atoms with Gasteiger partial charge in [-0.25, -0.2) is 24.3 Å². The summed E-state index contributed by atoms with van der Waals surface area (Å²) >= 11 is 5.89. The predicted molar refractivity (Wildman–Crippen MR) is 120 cm³/mol. The van der Waals surface area contributed by atoms with Gasteiger partial charge in [-0.05, 0) is 38.5 Å². The lowest BCUT2D eigenvalue weighted by Crippen LogP contribution is -2.09. The highest BCUT2D eigenvalue weighted by Gasteiger charge is 2.11. The Morgan fingerprint density at radius 2 is 2.00 bits per heavy atom. The first kappa shape index (κ1) is 21.4. The molecule has 0 aliphatic rings. The lowest BCUT2D eigenvalue weighted by molar-refractivity contribution is 0.628. The Balaban J connectivity index is 2.12. The quantitative estimate of drug-likeness (QED) is 0.314. The number of aliphatic imine (C=N–C) groups is 1. The molecule has 1 N–H and O–H groups in total. The minimum atomic E-state index is -0.470. The standard InChI is InChI=1S/C22H22ClFN6/c1-4-15(2)9-19(17-11-26-13-27-12-17)22(30-8-7-25-14-30)29-16(3)28-18-5-6-21(24)20(23)10-18/h5-14H,4H2,1-3H3,(H,28,29). The number of allylic oxidation sites excluding steroid dienone is 3. The molecule has 2 heterocycles. The second-order valence-electron chi connectivity index (χ2n) is 6.63. The highest BCUT2D eigenvalue weighted by molar-refractivity contribution is 6.31. The van der Waals surface area contributed by atoms with Crippen LogP contribution in [0.5, 0.6) is 0 Å². The second kappa shape index (κ2) is 9.93. The lowest BCUT2D eigenvalue weighted by Gasteiger charge is -2.13. The fraction of sp³-hybridized carbons (Fsp3) is 0.182. The molecule has 6 nitrogen and oxygen atoms in total. The minimum absolute atomic E-state index is 0.0433. The molecule has 0 saturated carbocycles. The van der Waals surface area contributed by atoms with Crippen LogP contribution in [0.15, 0.2) is 72.3 Å². The van der Waals surface area contributed by atoms with Crippen LogP contribution >= 0.6 is 11.6 Å². The van der Waals surface area contributed by atoms with E-state index in [0.717, 1.165) is 17.6 Å². The average molecular weight is 425 g/mol. The van der Waals surface area contributed by atoms with Gasteiger partial charge in [-0.2, -0.15) is 0 Å². The first-order chi connectivity index (χ1) is 14.5. The summed E-state index contributed by atoms with van der Waals surface area (Å²) in [6, 6.07) is 4.43. The van der Waals surface area contributed by atoms with Crippen LogP contribution in [0.2, 0.25) is 5.02 Å². The molecule has 0 spiro atoms.